The van der Waals surface area contributed by atoms with Crippen LogP contribution in [0.15, 0.2) is 42.2 Å². The van der Waals surface area contributed by atoms with Gasteiger partial charge in [0.05, 0.1) is 19.8 Å². The number of piperidine rings is 1. The lowest BCUT2D eigenvalue weighted by molar-refractivity contribution is -0.134. The van der Waals surface area contributed by atoms with E-state index in [1.807, 2.05) is 17.0 Å². The van der Waals surface area contributed by atoms with Crippen molar-refractivity contribution in [1.29, 1.82) is 0 Å². The van der Waals surface area contributed by atoms with Gasteiger partial charge in [0.2, 0.25) is 5.78 Å². The van der Waals surface area contributed by atoms with Gasteiger partial charge in [-0.3, -0.25) is 9.59 Å². The summed E-state index contributed by atoms with van der Waals surface area (Å²) in [5, 5.41) is 0. The van der Waals surface area contributed by atoms with Gasteiger partial charge in [0, 0.05) is 24.7 Å². The van der Waals surface area contributed by atoms with Crippen molar-refractivity contribution < 1.29 is 28.5 Å². The SMILES string of the molecule is COc1cccc(C=C2Oc3cc(OCC(=O)N4CCCCC4)ccc3C2=O)c1OC. The summed E-state index contributed by atoms with van der Waals surface area (Å²) in [5.74, 6) is 1.90. The zero-order valence-electron chi connectivity index (χ0n) is 17.7. The van der Waals surface area contributed by atoms with Crippen molar-refractivity contribution >= 4 is 17.8 Å². The first-order valence-corrected chi connectivity index (χ1v) is 10.3. The Morgan fingerprint density at radius 1 is 1.10 bits per heavy atom. The van der Waals surface area contributed by atoms with Crippen LogP contribution in [0.4, 0.5) is 0 Å². The first-order chi connectivity index (χ1) is 15.1. The van der Waals surface area contributed by atoms with Gasteiger partial charge in [-0.25, -0.2) is 0 Å². The highest BCUT2D eigenvalue weighted by atomic mass is 16.5. The first-order valence-electron chi connectivity index (χ1n) is 10.3. The number of carbonyl (C=O) groups is 2. The molecule has 0 aliphatic carbocycles. The van der Waals surface area contributed by atoms with E-state index in [-0.39, 0.29) is 24.1 Å². The molecule has 0 unspecified atom stereocenters. The van der Waals surface area contributed by atoms with E-state index in [4.69, 9.17) is 18.9 Å². The number of methoxy groups -OCH3 is 2. The summed E-state index contributed by atoms with van der Waals surface area (Å²) in [6.07, 6.45) is 4.86. The van der Waals surface area contributed by atoms with Crippen LogP contribution in [0.2, 0.25) is 0 Å². The smallest absolute Gasteiger partial charge is 0.260 e. The molecule has 31 heavy (non-hydrogen) atoms. The van der Waals surface area contributed by atoms with Gasteiger partial charge in [-0.2, -0.15) is 0 Å². The van der Waals surface area contributed by atoms with E-state index in [1.54, 1.807) is 44.6 Å². The number of amides is 1. The fourth-order valence-corrected chi connectivity index (χ4v) is 3.80. The zero-order valence-corrected chi connectivity index (χ0v) is 17.7. The highest BCUT2D eigenvalue weighted by Gasteiger charge is 2.28. The van der Waals surface area contributed by atoms with E-state index in [1.165, 1.54) is 0 Å². The molecule has 4 rings (SSSR count). The summed E-state index contributed by atoms with van der Waals surface area (Å²) in [6.45, 7) is 1.54. The minimum atomic E-state index is -0.226. The molecule has 162 valence electrons. The van der Waals surface area contributed by atoms with Crippen molar-refractivity contribution in [2.75, 3.05) is 33.9 Å². The van der Waals surface area contributed by atoms with Crippen LogP contribution < -0.4 is 18.9 Å². The predicted octanol–water partition coefficient (Wildman–Crippen LogP) is 3.71. The molecule has 0 saturated carbocycles. The molecule has 0 spiro atoms. The number of hydrogen-bond donors (Lipinski definition) is 0. The second-order valence-corrected chi connectivity index (χ2v) is 7.41. The molecule has 1 fully saturated rings. The average molecular weight is 423 g/mol. The van der Waals surface area contributed by atoms with Gasteiger partial charge in [0.25, 0.3) is 5.91 Å². The number of ether oxygens (including phenoxy) is 4. The number of allylic oxidation sites excluding steroid dienone is 1. The molecule has 7 nitrogen and oxygen atoms in total. The van der Waals surface area contributed by atoms with Crippen LogP contribution in [-0.2, 0) is 4.79 Å². The van der Waals surface area contributed by atoms with Crippen molar-refractivity contribution in [3.05, 3.63) is 53.3 Å². The van der Waals surface area contributed by atoms with Gasteiger partial charge in [-0.1, -0.05) is 12.1 Å². The van der Waals surface area contributed by atoms with Crippen molar-refractivity contribution in [2.45, 2.75) is 19.3 Å². The monoisotopic (exact) mass is 423 g/mol. The lowest BCUT2D eigenvalue weighted by atomic mass is 10.1. The van der Waals surface area contributed by atoms with Gasteiger partial charge < -0.3 is 23.8 Å². The molecular formula is C24H25NO6. The summed E-state index contributed by atoms with van der Waals surface area (Å²) in [5.41, 5.74) is 1.12. The Morgan fingerprint density at radius 2 is 1.90 bits per heavy atom. The van der Waals surface area contributed by atoms with Crippen molar-refractivity contribution in [3.63, 3.8) is 0 Å². The summed E-state index contributed by atoms with van der Waals surface area (Å²) in [7, 11) is 3.10. The Balaban J connectivity index is 1.48. The molecular weight excluding hydrogens is 398 g/mol. The molecule has 0 N–H and O–H groups in total. The van der Waals surface area contributed by atoms with E-state index in [0.717, 1.165) is 32.4 Å². The largest absolute Gasteiger partial charge is 0.493 e. The number of fused-ring (bicyclic) bond motifs is 1. The number of benzene rings is 2. The number of ketones is 1. The van der Waals surface area contributed by atoms with E-state index < -0.39 is 0 Å². The Labute approximate surface area is 181 Å². The van der Waals surface area contributed by atoms with Gasteiger partial charge in [0.15, 0.2) is 23.9 Å². The van der Waals surface area contributed by atoms with Gasteiger partial charge in [-0.15, -0.1) is 0 Å². The van der Waals surface area contributed by atoms with Crippen LogP contribution in [0.5, 0.6) is 23.0 Å². The Kier molecular flexibility index (Phi) is 6.11. The summed E-state index contributed by atoms with van der Waals surface area (Å²) >= 11 is 0. The molecule has 2 heterocycles. The fourth-order valence-electron chi connectivity index (χ4n) is 3.80. The minimum Gasteiger partial charge on any atom is -0.493 e. The summed E-state index contributed by atoms with van der Waals surface area (Å²) < 4.78 is 22.2. The van der Waals surface area contributed by atoms with Gasteiger partial charge in [-0.05, 0) is 43.5 Å². The lowest BCUT2D eigenvalue weighted by Crippen LogP contribution is -2.38. The Morgan fingerprint density at radius 3 is 2.65 bits per heavy atom. The lowest BCUT2D eigenvalue weighted by Gasteiger charge is -2.26. The van der Waals surface area contributed by atoms with E-state index in [9.17, 15) is 9.59 Å². The number of rotatable bonds is 6. The molecule has 1 saturated heterocycles. The number of para-hydroxylation sites is 1. The van der Waals surface area contributed by atoms with Crippen LogP contribution in [-0.4, -0.2) is 50.5 Å². The van der Waals surface area contributed by atoms with E-state index in [0.29, 0.717) is 34.1 Å². The molecule has 2 aliphatic rings. The fraction of sp³-hybridized carbons (Fsp3) is 0.333. The summed E-state index contributed by atoms with van der Waals surface area (Å²) in [6, 6.07) is 10.4. The van der Waals surface area contributed by atoms with Gasteiger partial charge in [0.1, 0.15) is 11.5 Å². The second-order valence-electron chi connectivity index (χ2n) is 7.41. The number of likely N-dealkylation sites (tertiary alicyclic amines) is 1. The molecule has 0 atom stereocenters. The van der Waals surface area contributed by atoms with Crippen molar-refractivity contribution in [2.24, 2.45) is 0 Å². The number of hydrogen-bond acceptors (Lipinski definition) is 6. The second kappa shape index (κ2) is 9.12. The maximum absolute atomic E-state index is 12.8. The van der Waals surface area contributed by atoms with Crippen LogP contribution in [0.3, 0.4) is 0 Å². The topological polar surface area (TPSA) is 74.3 Å². The molecule has 0 aromatic heterocycles. The molecule has 2 aromatic carbocycles. The molecule has 2 aliphatic heterocycles. The predicted molar refractivity (Wildman–Crippen MR) is 115 cm³/mol. The number of carbonyl (C=O) groups excluding carboxylic acids is 2. The molecule has 2 aromatic rings. The van der Waals surface area contributed by atoms with Crippen LogP contribution in [0, 0.1) is 0 Å². The third kappa shape index (κ3) is 4.35. The number of Topliss-reactive ketones (excluding diaryl/α,β-unsaturated/α-hetero) is 1. The Bertz CT molecular complexity index is 1020. The third-order valence-electron chi connectivity index (χ3n) is 5.43. The van der Waals surface area contributed by atoms with E-state index >= 15 is 0 Å². The van der Waals surface area contributed by atoms with Crippen molar-refractivity contribution in [1.82, 2.24) is 4.90 Å². The molecule has 0 bridgehead atoms. The van der Waals surface area contributed by atoms with Gasteiger partial charge >= 0.3 is 0 Å². The van der Waals surface area contributed by atoms with Crippen LogP contribution >= 0.6 is 0 Å². The Hall–Kier alpha value is -3.48. The quantitative estimate of drug-likeness (QED) is 0.660. The van der Waals surface area contributed by atoms with E-state index in [2.05, 4.69) is 0 Å². The minimum absolute atomic E-state index is 0.0251. The summed E-state index contributed by atoms with van der Waals surface area (Å²) in [4.78, 5) is 26.9. The third-order valence-corrected chi connectivity index (χ3v) is 5.43. The zero-order chi connectivity index (χ0) is 21.8. The standard InChI is InChI=1S/C24H25NO6/c1-28-19-8-6-7-16(24(19)29-2)13-21-23(27)18-10-9-17(14-20(18)31-21)30-15-22(26)25-11-4-3-5-12-25/h6-10,13-14H,3-5,11-12,15H2,1-2H3. The van der Waals surface area contributed by atoms with Crippen LogP contribution in [0.25, 0.3) is 6.08 Å². The highest BCUT2D eigenvalue weighted by molar-refractivity contribution is 6.14. The normalized spacial score (nSPS) is 16.6. The highest BCUT2D eigenvalue weighted by Crippen LogP contribution is 2.37. The van der Waals surface area contributed by atoms with Crippen LogP contribution in [0.1, 0.15) is 35.2 Å². The maximum Gasteiger partial charge on any atom is 0.260 e. The molecule has 0 radical (unpaired) electrons. The van der Waals surface area contributed by atoms with Crippen molar-refractivity contribution in [3.8, 4) is 23.0 Å². The molecule has 7 heteroatoms. The first kappa shape index (κ1) is 20.8. The number of nitrogens with zero attached hydrogens (tertiary/aromatic N) is 1. The molecule has 1 amide bonds. The average Bonchev–Trinajstić information content (AvgIpc) is 3.12. The maximum atomic E-state index is 12.8.